The van der Waals surface area contributed by atoms with Crippen LogP contribution in [-0.2, 0) is 19.1 Å². The number of hydrogen-bond acceptors (Lipinski definition) is 5. The highest BCUT2D eigenvalue weighted by atomic mass is 16.6. The molecule has 0 saturated heterocycles. The number of alkyl carbamates (subject to hydrolysis) is 1. The van der Waals surface area contributed by atoms with E-state index >= 15 is 0 Å². The normalized spacial score (nSPS) is 15.0. The average molecular weight is 597 g/mol. The Hall–Kier alpha value is -3.54. The fourth-order valence-corrected chi connectivity index (χ4v) is 5.47. The number of unbranched alkanes of at least 4 members (excludes halogenated alkanes) is 5. The van der Waals surface area contributed by atoms with E-state index in [4.69, 9.17) is 16.9 Å². The number of carbonyl (C=O) groups is 4. The van der Waals surface area contributed by atoms with Crippen LogP contribution < -0.4 is 16.4 Å². The Morgan fingerprint density at radius 3 is 2.33 bits per heavy atom. The molecule has 0 aliphatic heterocycles. The lowest BCUT2D eigenvalue weighted by atomic mass is 9.93. The molecule has 0 heterocycles. The summed E-state index contributed by atoms with van der Waals surface area (Å²) in [5.74, 6) is 1.28. The highest BCUT2D eigenvalue weighted by Crippen LogP contribution is 2.28. The Kier molecular flexibility index (Phi) is 15.1. The van der Waals surface area contributed by atoms with Crippen molar-refractivity contribution in [3.05, 3.63) is 35.4 Å². The van der Waals surface area contributed by atoms with Crippen molar-refractivity contribution in [2.45, 2.75) is 135 Å². The van der Waals surface area contributed by atoms with E-state index in [1.807, 2.05) is 0 Å². The third kappa shape index (κ3) is 12.7. The van der Waals surface area contributed by atoms with Crippen molar-refractivity contribution >= 4 is 23.8 Å². The van der Waals surface area contributed by atoms with E-state index in [0.717, 1.165) is 64.2 Å². The number of benzene rings is 1. The maximum Gasteiger partial charge on any atom is 0.408 e. The number of rotatable bonds is 16. The summed E-state index contributed by atoms with van der Waals surface area (Å²) in [7, 11) is 0. The first-order chi connectivity index (χ1) is 20.5. The minimum absolute atomic E-state index is 0.0123. The van der Waals surface area contributed by atoms with E-state index in [0.29, 0.717) is 17.5 Å². The highest BCUT2D eigenvalue weighted by molar-refractivity contribution is 5.93. The van der Waals surface area contributed by atoms with Crippen LogP contribution in [0, 0.1) is 12.3 Å². The molecule has 9 heteroatoms. The second-order valence-electron chi connectivity index (χ2n) is 12.5. The van der Waals surface area contributed by atoms with Crippen LogP contribution in [0.15, 0.2) is 24.3 Å². The largest absolute Gasteiger partial charge is 0.444 e. The van der Waals surface area contributed by atoms with Crippen molar-refractivity contribution in [2.24, 2.45) is 5.73 Å². The van der Waals surface area contributed by atoms with Gasteiger partial charge in [0.2, 0.25) is 17.7 Å². The van der Waals surface area contributed by atoms with Crippen molar-refractivity contribution < 1.29 is 23.9 Å². The van der Waals surface area contributed by atoms with Gasteiger partial charge in [0.05, 0.1) is 0 Å². The number of carbonyl (C=O) groups excluding carboxylic acids is 4. The van der Waals surface area contributed by atoms with Gasteiger partial charge in [0.15, 0.2) is 0 Å². The Morgan fingerprint density at radius 1 is 1.05 bits per heavy atom. The average Bonchev–Trinajstić information content (AvgIpc) is 2.95. The predicted molar refractivity (Wildman–Crippen MR) is 169 cm³/mol. The molecule has 2 rings (SSSR count). The molecule has 0 radical (unpaired) electrons. The number of hydrogen-bond donors (Lipinski definition) is 3. The number of nitrogens with zero attached hydrogens (tertiary/aromatic N) is 1. The van der Waals surface area contributed by atoms with Gasteiger partial charge in [-0.25, -0.2) is 4.79 Å². The number of terminal acetylenes is 1. The van der Waals surface area contributed by atoms with E-state index in [-0.39, 0.29) is 31.3 Å². The van der Waals surface area contributed by atoms with Gasteiger partial charge in [-0.3, -0.25) is 14.4 Å². The molecule has 1 saturated carbocycles. The first kappa shape index (κ1) is 35.7. The summed E-state index contributed by atoms with van der Waals surface area (Å²) in [5.41, 5.74) is 5.70. The first-order valence-electron chi connectivity index (χ1n) is 15.9. The Morgan fingerprint density at radius 2 is 1.70 bits per heavy atom. The zero-order valence-corrected chi connectivity index (χ0v) is 26.6. The summed E-state index contributed by atoms with van der Waals surface area (Å²) >= 11 is 0. The third-order valence-electron chi connectivity index (χ3n) is 7.63. The monoisotopic (exact) mass is 596 g/mol. The Labute approximate surface area is 258 Å². The lowest BCUT2D eigenvalue weighted by Crippen LogP contribution is -2.54. The number of primary amides is 1. The number of ether oxygens (including phenoxy) is 1. The molecule has 4 N–H and O–H groups in total. The van der Waals surface area contributed by atoms with Gasteiger partial charge >= 0.3 is 6.09 Å². The van der Waals surface area contributed by atoms with E-state index < -0.39 is 35.6 Å². The molecule has 43 heavy (non-hydrogen) atoms. The number of nitrogens with one attached hydrogen (secondary N) is 2. The lowest BCUT2D eigenvalue weighted by Gasteiger charge is -2.36. The van der Waals surface area contributed by atoms with Crippen LogP contribution >= 0.6 is 0 Å². The first-order valence-corrected chi connectivity index (χ1v) is 15.9. The molecule has 0 aromatic heterocycles. The second kappa shape index (κ2) is 18.2. The topological polar surface area (TPSA) is 131 Å². The van der Waals surface area contributed by atoms with E-state index in [2.05, 4.69) is 23.5 Å². The van der Waals surface area contributed by atoms with Crippen molar-refractivity contribution in [3.8, 4) is 12.3 Å². The van der Waals surface area contributed by atoms with Crippen molar-refractivity contribution in [3.63, 3.8) is 0 Å². The highest BCUT2D eigenvalue weighted by Gasteiger charge is 2.37. The SMILES string of the molecule is C#Cc1ccccc1C(C(=O)NC1CCCCC1)N(CCCCCCCC)C(=O)C(CCC(N)=O)NC(=O)OC(C)(C)C. The van der Waals surface area contributed by atoms with Gasteiger partial charge in [-0.15, -0.1) is 6.42 Å². The van der Waals surface area contributed by atoms with Gasteiger partial charge < -0.3 is 26.0 Å². The molecule has 2 atom stereocenters. The van der Waals surface area contributed by atoms with Gasteiger partial charge in [-0.05, 0) is 58.1 Å². The lowest BCUT2D eigenvalue weighted by molar-refractivity contribution is -0.143. The Bertz CT molecular complexity index is 1100. The fourth-order valence-electron chi connectivity index (χ4n) is 5.47. The summed E-state index contributed by atoms with van der Waals surface area (Å²) < 4.78 is 5.43. The predicted octanol–water partition coefficient (Wildman–Crippen LogP) is 5.51. The second-order valence-corrected chi connectivity index (χ2v) is 12.5. The summed E-state index contributed by atoms with van der Waals surface area (Å²) in [6.07, 6.45) is 15.8. The minimum Gasteiger partial charge on any atom is -0.444 e. The fraction of sp³-hybridized carbons (Fsp3) is 0.647. The summed E-state index contributed by atoms with van der Waals surface area (Å²) in [6.45, 7) is 7.60. The molecule has 1 aromatic carbocycles. The molecule has 9 nitrogen and oxygen atoms in total. The summed E-state index contributed by atoms with van der Waals surface area (Å²) in [5, 5.41) is 5.85. The van der Waals surface area contributed by atoms with Gasteiger partial charge in [0.25, 0.3) is 0 Å². The molecular formula is C34H52N4O5. The molecule has 1 aliphatic carbocycles. The van der Waals surface area contributed by atoms with E-state index in [1.54, 1.807) is 45.0 Å². The van der Waals surface area contributed by atoms with E-state index in [1.165, 1.54) is 4.90 Å². The van der Waals surface area contributed by atoms with Gasteiger partial charge in [-0.2, -0.15) is 0 Å². The van der Waals surface area contributed by atoms with Crippen LogP contribution in [0.3, 0.4) is 0 Å². The van der Waals surface area contributed by atoms with Crippen LogP contribution in [0.2, 0.25) is 0 Å². The zero-order valence-electron chi connectivity index (χ0n) is 26.6. The van der Waals surface area contributed by atoms with Gasteiger partial charge in [0.1, 0.15) is 17.7 Å². The smallest absolute Gasteiger partial charge is 0.408 e. The summed E-state index contributed by atoms with van der Waals surface area (Å²) in [6, 6.07) is 4.99. The number of nitrogens with two attached hydrogens (primary N) is 1. The van der Waals surface area contributed by atoms with E-state index in [9.17, 15) is 19.2 Å². The van der Waals surface area contributed by atoms with Gasteiger partial charge in [0, 0.05) is 24.6 Å². The number of amides is 4. The summed E-state index contributed by atoms with van der Waals surface area (Å²) in [4.78, 5) is 54.6. The van der Waals surface area contributed by atoms with Crippen molar-refractivity contribution in [1.29, 1.82) is 0 Å². The molecule has 2 unspecified atom stereocenters. The minimum atomic E-state index is -1.13. The molecule has 1 aromatic rings. The molecule has 4 amide bonds. The zero-order chi connectivity index (χ0) is 31.8. The maximum atomic E-state index is 14.4. The van der Waals surface area contributed by atoms with Crippen LogP contribution in [0.25, 0.3) is 0 Å². The molecule has 1 aliphatic rings. The van der Waals surface area contributed by atoms with Crippen molar-refractivity contribution in [1.82, 2.24) is 15.5 Å². The molecule has 1 fully saturated rings. The third-order valence-corrected chi connectivity index (χ3v) is 7.63. The van der Waals surface area contributed by atoms with Crippen LogP contribution in [0.1, 0.15) is 128 Å². The van der Waals surface area contributed by atoms with Gasteiger partial charge in [-0.1, -0.05) is 82.4 Å². The van der Waals surface area contributed by atoms with Crippen molar-refractivity contribution in [2.75, 3.05) is 6.54 Å². The quantitative estimate of drug-likeness (QED) is 0.171. The van der Waals surface area contributed by atoms with Crippen LogP contribution in [0.5, 0.6) is 0 Å². The van der Waals surface area contributed by atoms with Crippen LogP contribution in [-0.4, -0.2) is 52.9 Å². The molecular weight excluding hydrogens is 544 g/mol. The molecule has 238 valence electrons. The van der Waals surface area contributed by atoms with Crippen LogP contribution in [0.4, 0.5) is 4.79 Å². The maximum absolute atomic E-state index is 14.4. The standard InChI is InChI=1S/C34H52N4O5/c1-6-8-9-10-11-17-24-38(32(41)28(22-23-29(35)39)37-33(42)43-34(3,4)5)30(27-21-16-15-18-25(27)7-2)31(40)36-26-19-13-12-14-20-26/h2,15-16,18,21,26,28,30H,6,8-14,17,19-20,22-24H2,1,3-5H3,(H2,35,39)(H,36,40)(H,37,42). The molecule has 0 bridgehead atoms. The molecule has 0 spiro atoms. The Balaban J connectivity index is 2.51.